The molecule has 110 valence electrons. The molecule has 2 rings (SSSR count). The number of hydrogen-bond acceptors (Lipinski definition) is 3. The van der Waals surface area contributed by atoms with Crippen LogP contribution in [0.2, 0.25) is 5.02 Å². The average molecular weight is 302 g/mol. The van der Waals surface area contributed by atoms with Gasteiger partial charge in [0.2, 0.25) is 0 Å². The predicted octanol–water partition coefficient (Wildman–Crippen LogP) is 2.23. The van der Waals surface area contributed by atoms with E-state index in [1.807, 2.05) is 0 Å². The molecule has 1 aliphatic carbocycles. The number of rotatable bonds is 6. The van der Waals surface area contributed by atoms with Gasteiger partial charge in [0.25, 0.3) is 5.91 Å². The fraction of sp³-hybridized carbons (Fsp3) is 0.500. The lowest BCUT2D eigenvalue weighted by atomic mass is 10.3. The van der Waals surface area contributed by atoms with Gasteiger partial charge in [0.1, 0.15) is 11.6 Å². The third kappa shape index (κ3) is 3.61. The molecule has 0 bridgehead atoms. The lowest BCUT2D eigenvalue weighted by Crippen LogP contribution is -2.43. The first kappa shape index (κ1) is 15.1. The van der Waals surface area contributed by atoms with Gasteiger partial charge in [-0.25, -0.2) is 4.39 Å². The third-order valence-electron chi connectivity index (χ3n) is 3.16. The van der Waals surface area contributed by atoms with Crippen LogP contribution in [0.1, 0.15) is 19.8 Å². The maximum Gasteiger partial charge on any atom is 0.263 e. The molecule has 1 atom stereocenters. The van der Waals surface area contributed by atoms with Gasteiger partial charge in [-0.15, -0.1) is 0 Å². The Bertz CT molecular complexity index is 493. The van der Waals surface area contributed by atoms with Gasteiger partial charge in [-0.1, -0.05) is 11.6 Å². The summed E-state index contributed by atoms with van der Waals surface area (Å²) in [6, 6.07) is 3.96. The molecule has 1 amide bonds. The van der Waals surface area contributed by atoms with E-state index in [2.05, 4.69) is 0 Å². The summed E-state index contributed by atoms with van der Waals surface area (Å²) in [6.07, 6.45) is 1.18. The normalized spacial score (nSPS) is 15.8. The van der Waals surface area contributed by atoms with Crippen molar-refractivity contribution in [2.24, 2.45) is 0 Å². The largest absolute Gasteiger partial charge is 0.479 e. The van der Waals surface area contributed by atoms with Crippen molar-refractivity contribution < 1.29 is 19.0 Å². The molecule has 20 heavy (non-hydrogen) atoms. The molecule has 4 nitrogen and oxygen atoms in total. The van der Waals surface area contributed by atoms with Gasteiger partial charge in [0.05, 0.1) is 11.6 Å². The second kappa shape index (κ2) is 6.41. The molecule has 0 spiro atoms. The number of carbonyl (C=O) groups is 1. The van der Waals surface area contributed by atoms with E-state index in [9.17, 15) is 9.18 Å². The molecular formula is C14H17ClFNO3. The number of aliphatic hydroxyl groups excluding tert-OH is 1. The zero-order valence-corrected chi connectivity index (χ0v) is 11.9. The Balaban J connectivity index is 2.02. The topological polar surface area (TPSA) is 49.8 Å². The van der Waals surface area contributed by atoms with Crippen LogP contribution < -0.4 is 4.74 Å². The number of carbonyl (C=O) groups excluding carboxylic acids is 1. The van der Waals surface area contributed by atoms with Crippen LogP contribution in [0.25, 0.3) is 0 Å². The van der Waals surface area contributed by atoms with E-state index >= 15 is 0 Å². The molecule has 1 N–H and O–H groups in total. The van der Waals surface area contributed by atoms with Gasteiger partial charge in [-0.05, 0) is 38.0 Å². The zero-order valence-electron chi connectivity index (χ0n) is 11.2. The lowest BCUT2D eigenvalue weighted by molar-refractivity contribution is -0.139. The first-order valence-electron chi connectivity index (χ1n) is 6.56. The summed E-state index contributed by atoms with van der Waals surface area (Å²) in [5.74, 6) is -0.378. The van der Waals surface area contributed by atoms with E-state index < -0.39 is 11.9 Å². The number of nitrogens with zero attached hydrogens (tertiary/aromatic N) is 1. The second-order valence-corrected chi connectivity index (χ2v) is 5.23. The van der Waals surface area contributed by atoms with Crippen LogP contribution in [-0.2, 0) is 4.79 Å². The summed E-state index contributed by atoms with van der Waals surface area (Å²) < 4.78 is 18.4. The molecular weight excluding hydrogens is 285 g/mol. The quantitative estimate of drug-likeness (QED) is 0.876. The van der Waals surface area contributed by atoms with E-state index in [1.54, 1.807) is 11.8 Å². The monoisotopic (exact) mass is 301 g/mol. The SMILES string of the molecule is CC(Oc1ccc(F)cc1Cl)C(=O)N(CCO)C1CC1. The van der Waals surface area contributed by atoms with Gasteiger partial charge >= 0.3 is 0 Å². The van der Waals surface area contributed by atoms with Crippen LogP contribution in [0.3, 0.4) is 0 Å². The summed E-state index contributed by atoms with van der Waals surface area (Å²) in [6.45, 7) is 1.84. The molecule has 0 saturated heterocycles. The number of aliphatic hydroxyl groups is 1. The van der Waals surface area contributed by atoms with Crippen LogP contribution in [0.15, 0.2) is 18.2 Å². The van der Waals surface area contributed by atoms with E-state index in [4.69, 9.17) is 21.4 Å². The van der Waals surface area contributed by atoms with E-state index in [1.165, 1.54) is 12.1 Å². The molecule has 1 saturated carbocycles. The Morgan fingerprint density at radius 2 is 2.30 bits per heavy atom. The van der Waals surface area contributed by atoms with Crippen molar-refractivity contribution in [2.75, 3.05) is 13.2 Å². The predicted molar refractivity (Wildman–Crippen MR) is 73.3 cm³/mol. The Kier molecular flexibility index (Phi) is 4.83. The van der Waals surface area contributed by atoms with Crippen molar-refractivity contribution >= 4 is 17.5 Å². The van der Waals surface area contributed by atoms with E-state index in [0.29, 0.717) is 6.54 Å². The average Bonchev–Trinajstić information content (AvgIpc) is 3.22. The van der Waals surface area contributed by atoms with Crippen LogP contribution in [0.5, 0.6) is 5.75 Å². The third-order valence-corrected chi connectivity index (χ3v) is 3.45. The molecule has 1 aliphatic rings. The molecule has 0 heterocycles. The minimum atomic E-state index is -0.731. The highest BCUT2D eigenvalue weighted by atomic mass is 35.5. The fourth-order valence-corrected chi connectivity index (χ4v) is 2.22. The summed E-state index contributed by atoms with van der Waals surface area (Å²) in [4.78, 5) is 13.9. The fourth-order valence-electron chi connectivity index (χ4n) is 2.01. The maximum atomic E-state index is 12.9. The van der Waals surface area contributed by atoms with E-state index in [0.717, 1.165) is 18.9 Å². The first-order valence-corrected chi connectivity index (χ1v) is 6.93. The minimum absolute atomic E-state index is 0.0771. The van der Waals surface area contributed by atoms with Gasteiger partial charge in [0, 0.05) is 12.6 Å². The van der Waals surface area contributed by atoms with E-state index in [-0.39, 0.29) is 29.3 Å². The lowest BCUT2D eigenvalue weighted by Gasteiger charge is -2.25. The minimum Gasteiger partial charge on any atom is -0.479 e. The zero-order chi connectivity index (χ0) is 14.7. The Hall–Kier alpha value is -1.33. The maximum absolute atomic E-state index is 12.9. The van der Waals surface area contributed by atoms with Gasteiger partial charge in [-0.3, -0.25) is 4.79 Å². The molecule has 0 radical (unpaired) electrons. The number of hydrogen-bond donors (Lipinski definition) is 1. The molecule has 0 aliphatic heterocycles. The second-order valence-electron chi connectivity index (χ2n) is 4.82. The van der Waals surface area contributed by atoms with Crippen LogP contribution in [0, 0.1) is 5.82 Å². The van der Waals surface area contributed by atoms with Crippen molar-refractivity contribution in [2.45, 2.75) is 31.9 Å². The standard InChI is InChI=1S/C14H17ClFNO3/c1-9(14(19)17(6-7-18)11-3-4-11)20-13-5-2-10(16)8-12(13)15/h2,5,8-9,11,18H,3-4,6-7H2,1H3. The van der Waals surface area contributed by atoms with Gasteiger partial charge in [0.15, 0.2) is 6.10 Å². The molecule has 0 aromatic heterocycles. The van der Waals surface area contributed by atoms with Crippen molar-refractivity contribution in [1.29, 1.82) is 0 Å². The molecule has 1 aromatic rings. The van der Waals surface area contributed by atoms with Crippen LogP contribution in [-0.4, -0.2) is 41.2 Å². The number of ether oxygens (including phenoxy) is 1. The molecule has 1 aromatic carbocycles. The van der Waals surface area contributed by atoms with Gasteiger partial charge in [-0.2, -0.15) is 0 Å². The molecule has 6 heteroatoms. The highest BCUT2D eigenvalue weighted by molar-refractivity contribution is 6.32. The molecule has 1 fully saturated rings. The van der Waals surface area contributed by atoms with Gasteiger partial charge < -0.3 is 14.7 Å². The Morgan fingerprint density at radius 3 is 2.85 bits per heavy atom. The Morgan fingerprint density at radius 1 is 1.60 bits per heavy atom. The highest BCUT2D eigenvalue weighted by Gasteiger charge is 2.34. The number of amides is 1. The van der Waals surface area contributed by atoms with Crippen molar-refractivity contribution in [3.63, 3.8) is 0 Å². The van der Waals surface area contributed by atoms with Crippen molar-refractivity contribution in [3.8, 4) is 5.75 Å². The smallest absolute Gasteiger partial charge is 0.263 e. The number of halogens is 2. The summed E-state index contributed by atoms with van der Waals surface area (Å²) in [7, 11) is 0. The Labute approximate surface area is 122 Å². The highest BCUT2D eigenvalue weighted by Crippen LogP contribution is 2.29. The van der Waals surface area contributed by atoms with Crippen LogP contribution in [0.4, 0.5) is 4.39 Å². The molecule has 1 unspecified atom stereocenters. The number of benzene rings is 1. The summed E-state index contributed by atoms with van der Waals surface area (Å²) in [5.41, 5.74) is 0. The van der Waals surface area contributed by atoms with Crippen LogP contribution >= 0.6 is 11.6 Å². The first-order chi connectivity index (χ1) is 9.52. The van der Waals surface area contributed by atoms with Crippen molar-refractivity contribution in [1.82, 2.24) is 4.90 Å². The summed E-state index contributed by atoms with van der Waals surface area (Å²) in [5, 5.41) is 9.14. The summed E-state index contributed by atoms with van der Waals surface area (Å²) >= 11 is 5.86. The van der Waals surface area contributed by atoms with Crippen molar-refractivity contribution in [3.05, 3.63) is 29.0 Å².